The number of ether oxygens (including phenoxy) is 2. The summed E-state index contributed by atoms with van der Waals surface area (Å²) < 4.78 is 61.8. The summed E-state index contributed by atoms with van der Waals surface area (Å²) in [6.45, 7) is -1.48. The van der Waals surface area contributed by atoms with Gasteiger partial charge in [-0.2, -0.15) is 13.1 Å². The highest BCUT2D eigenvalue weighted by molar-refractivity contribution is 7.89. The third-order valence-corrected chi connectivity index (χ3v) is 7.42. The molecule has 0 radical (unpaired) electrons. The van der Waals surface area contributed by atoms with Crippen molar-refractivity contribution in [3.05, 3.63) is 24.3 Å². The van der Waals surface area contributed by atoms with Gasteiger partial charge in [-0.15, -0.1) is 0 Å². The summed E-state index contributed by atoms with van der Waals surface area (Å²) in [6, 6.07) is 5.87. The molecule has 1 N–H and O–H groups in total. The Morgan fingerprint density at radius 2 is 1.69 bits per heavy atom. The van der Waals surface area contributed by atoms with E-state index in [0.29, 0.717) is 12.1 Å². The molecule has 1 aromatic carbocycles. The second-order valence-corrected chi connectivity index (χ2v) is 8.98. The molecule has 2 unspecified atom stereocenters. The molecule has 3 aliphatic rings. The molecule has 0 aliphatic carbocycles. The molecule has 0 aromatic heterocycles. The van der Waals surface area contributed by atoms with Gasteiger partial charge in [-0.25, -0.2) is 8.42 Å². The summed E-state index contributed by atoms with van der Waals surface area (Å²) >= 11 is 0. The minimum absolute atomic E-state index is 0.0192. The van der Waals surface area contributed by atoms with Crippen molar-refractivity contribution in [3.63, 3.8) is 0 Å². The fourth-order valence-corrected chi connectivity index (χ4v) is 6.13. The van der Waals surface area contributed by atoms with Crippen molar-refractivity contribution >= 4 is 10.0 Å². The number of alkyl halides is 2. The van der Waals surface area contributed by atoms with Crippen LogP contribution in [-0.4, -0.2) is 56.7 Å². The molecule has 3 heterocycles. The molecule has 144 valence electrons. The number of rotatable bonds is 6. The molecule has 4 rings (SSSR count). The van der Waals surface area contributed by atoms with Gasteiger partial charge in [-0.1, -0.05) is 0 Å². The summed E-state index contributed by atoms with van der Waals surface area (Å²) in [7, 11) is -3.65. The quantitative estimate of drug-likeness (QED) is 0.807. The number of benzene rings is 1. The highest BCUT2D eigenvalue weighted by Crippen LogP contribution is 2.40. The number of sulfonamides is 1. The van der Waals surface area contributed by atoms with Gasteiger partial charge in [-0.05, 0) is 49.9 Å². The van der Waals surface area contributed by atoms with Gasteiger partial charge in [0, 0.05) is 18.1 Å². The molecule has 26 heavy (non-hydrogen) atoms. The van der Waals surface area contributed by atoms with Crippen molar-refractivity contribution in [2.24, 2.45) is 0 Å². The van der Waals surface area contributed by atoms with Crippen molar-refractivity contribution in [1.82, 2.24) is 9.62 Å². The Morgan fingerprint density at radius 3 is 2.19 bits per heavy atom. The van der Waals surface area contributed by atoms with Crippen molar-refractivity contribution < 1.29 is 26.7 Å². The third kappa shape index (κ3) is 3.45. The minimum Gasteiger partial charge on any atom is -0.435 e. The number of hydrogen-bond acceptors (Lipinski definition) is 5. The Kier molecular flexibility index (Phi) is 4.89. The molecule has 3 saturated heterocycles. The van der Waals surface area contributed by atoms with Crippen LogP contribution in [0, 0.1) is 0 Å². The molecule has 0 spiro atoms. The molecule has 0 amide bonds. The summed E-state index contributed by atoms with van der Waals surface area (Å²) in [5, 5.41) is 3.56. The standard InChI is InChI=1S/C17H22F2N2O4S/c18-17(19)25-15-3-5-16(6-4-15)26(22,23)21-13-1-2-14(21)8-11(7-13)20-12-9-24-10-12/h3-6,11-14,17,20H,1-2,7-10H2. The van der Waals surface area contributed by atoms with Crippen LogP contribution < -0.4 is 10.1 Å². The molecule has 3 fully saturated rings. The van der Waals surface area contributed by atoms with Gasteiger partial charge in [0.2, 0.25) is 10.0 Å². The minimum atomic E-state index is -3.65. The largest absolute Gasteiger partial charge is 0.435 e. The maximum absolute atomic E-state index is 13.1. The maximum Gasteiger partial charge on any atom is 0.387 e. The molecule has 0 saturated carbocycles. The van der Waals surface area contributed by atoms with Crippen LogP contribution >= 0.6 is 0 Å². The first-order valence-corrected chi connectivity index (χ1v) is 10.3. The Labute approximate surface area is 151 Å². The highest BCUT2D eigenvalue weighted by atomic mass is 32.2. The van der Waals surface area contributed by atoms with Gasteiger partial charge < -0.3 is 14.8 Å². The average Bonchev–Trinajstić information content (AvgIpc) is 2.83. The van der Waals surface area contributed by atoms with Crippen molar-refractivity contribution in [2.45, 2.75) is 61.4 Å². The van der Waals surface area contributed by atoms with Crippen LogP contribution in [0.15, 0.2) is 29.2 Å². The summed E-state index contributed by atoms with van der Waals surface area (Å²) in [6.07, 6.45) is 3.29. The van der Waals surface area contributed by atoms with Gasteiger partial charge in [-0.3, -0.25) is 0 Å². The van der Waals surface area contributed by atoms with Crippen molar-refractivity contribution in [1.29, 1.82) is 0 Å². The fraction of sp³-hybridized carbons (Fsp3) is 0.647. The number of fused-ring (bicyclic) bond motifs is 2. The van der Waals surface area contributed by atoms with E-state index in [-0.39, 0.29) is 22.7 Å². The van der Waals surface area contributed by atoms with Crippen LogP contribution in [0.25, 0.3) is 0 Å². The van der Waals surface area contributed by atoms with Crippen LogP contribution in [-0.2, 0) is 14.8 Å². The number of hydrogen-bond donors (Lipinski definition) is 1. The zero-order valence-corrected chi connectivity index (χ0v) is 15.0. The smallest absolute Gasteiger partial charge is 0.387 e. The van der Waals surface area contributed by atoms with E-state index in [1.807, 2.05) is 0 Å². The summed E-state index contributed by atoms with van der Waals surface area (Å²) in [4.78, 5) is 0.120. The van der Waals surface area contributed by atoms with Gasteiger partial charge in [0.05, 0.1) is 24.2 Å². The second-order valence-electron chi connectivity index (χ2n) is 7.14. The van der Waals surface area contributed by atoms with Gasteiger partial charge in [0.1, 0.15) is 5.75 Å². The van der Waals surface area contributed by atoms with Gasteiger partial charge in [0.25, 0.3) is 0 Å². The van der Waals surface area contributed by atoms with Crippen LogP contribution in [0.3, 0.4) is 0 Å². The normalized spacial score (nSPS) is 29.7. The lowest BCUT2D eigenvalue weighted by Gasteiger charge is -2.40. The Morgan fingerprint density at radius 1 is 1.08 bits per heavy atom. The lowest BCUT2D eigenvalue weighted by molar-refractivity contribution is -0.0498. The van der Waals surface area contributed by atoms with E-state index in [9.17, 15) is 17.2 Å². The monoisotopic (exact) mass is 388 g/mol. The van der Waals surface area contributed by atoms with E-state index in [4.69, 9.17) is 4.74 Å². The van der Waals surface area contributed by atoms with Crippen LogP contribution in [0.2, 0.25) is 0 Å². The van der Waals surface area contributed by atoms with Crippen LogP contribution in [0.4, 0.5) is 8.78 Å². The molecule has 1 aromatic rings. The lowest BCUT2D eigenvalue weighted by atomic mass is 9.98. The maximum atomic E-state index is 13.1. The SMILES string of the molecule is O=S(=O)(c1ccc(OC(F)F)cc1)N1C2CCC1CC(NC1COC1)C2. The van der Waals surface area contributed by atoms with Crippen molar-refractivity contribution in [2.75, 3.05) is 13.2 Å². The Bertz CT molecular complexity index is 726. The Hall–Kier alpha value is -1.29. The predicted octanol–water partition coefficient (Wildman–Crippen LogP) is 1.96. The summed E-state index contributed by atoms with van der Waals surface area (Å²) in [5.41, 5.74) is 0. The molecule has 2 bridgehead atoms. The third-order valence-electron chi connectivity index (χ3n) is 5.40. The molecule has 2 atom stereocenters. The molecule has 9 heteroatoms. The van der Waals surface area contributed by atoms with E-state index in [1.165, 1.54) is 24.3 Å². The second kappa shape index (κ2) is 7.03. The first-order chi connectivity index (χ1) is 12.4. The van der Waals surface area contributed by atoms with E-state index < -0.39 is 16.6 Å². The predicted molar refractivity (Wildman–Crippen MR) is 89.7 cm³/mol. The fourth-order valence-electron chi connectivity index (χ4n) is 4.24. The lowest BCUT2D eigenvalue weighted by Crippen LogP contribution is -2.56. The Balaban J connectivity index is 1.48. The topological polar surface area (TPSA) is 67.9 Å². The highest BCUT2D eigenvalue weighted by Gasteiger charge is 2.47. The average molecular weight is 388 g/mol. The molecule has 6 nitrogen and oxygen atoms in total. The number of nitrogens with one attached hydrogen (secondary N) is 1. The zero-order valence-electron chi connectivity index (χ0n) is 14.2. The number of piperidine rings is 1. The van der Waals surface area contributed by atoms with Gasteiger partial charge >= 0.3 is 6.61 Å². The van der Waals surface area contributed by atoms with Crippen LogP contribution in [0.5, 0.6) is 5.75 Å². The first kappa shape index (κ1) is 18.1. The number of halogens is 2. The van der Waals surface area contributed by atoms with E-state index in [2.05, 4.69) is 10.1 Å². The summed E-state index contributed by atoms with van der Waals surface area (Å²) in [5.74, 6) is -0.0486. The van der Waals surface area contributed by atoms with E-state index in [0.717, 1.165) is 38.9 Å². The number of nitrogens with zero attached hydrogens (tertiary/aromatic N) is 1. The zero-order chi connectivity index (χ0) is 18.3. The van der Waals surface area contributed by atoms with Gasteiger partial charge in [0.15, 0.2) is 0 Å². The van der Waals surface area contributed by atoms with Crippen LogP contribution in [0.1, 0.15) is 25.7 Å². The molecular formula is C17H22F2N2O4S. The van der Waals surface area contributed by atoms with E-state index in [1.54, 1.807) is 4.31 Å². The van der Waals surface area contributed by atoms with E-state index >= 15 is 0 Å². The molecule has 3 aliphatic heterocycles. The molecular weight excluding hydrogens is 366 g/mol. The first-order valence-electron chi connectivity index (χ1n) is 8.85. The van der Waals surface area contributed by atoms with Crippen molar-refractivity contribution in [3.8, 4) is 5.75 Å².